The van der Waals surface area contributed by atoms with Gasteiger partial charge in [-0.25, -0.2) is 0 Å². The molecule has 0 aliphatic heterocycles. The zero-order chi connectivity index (χ0) is 9.52. The van der Waals surface area contributed by atoms with Crippen LogP contribution in [0, 0.1) is 0 Å². The summed E-state index contributed by atoms with van der Waals surface area (Å²) < 4.78 is 5.05. The number of hydrogen-bond acceptors (Lipinski definition) is 1. The standard InChI is InChI=1S/C12H16O/c1-3-7-12(10-13-2)11-8-5-4-6-9-11/h4-6,8-10H,3,7H2,1-2H3. The van der Waals surface area contributed by atoms with E-state index < -0.39 is 0 Å². The van der Waals surface area contributed by atoms with E-state index in [1.807, 2.05) is 12.3 Å². The summed E-state index contributed by atoms with van der Waals surface area (Å²) in [6, 6.07) is 10.4. The summed E-state index contributed by atoms with van der Waals surface area (Å²) in [5, 5.41) is 0. The van der Waals surface area contributed by atoms with Gasteiger partial charge in [-0.1, -0.05) is 43.7 Å². The lowest BCUT2D eigenvalue weighted by molar-refractivity contribution is 0.338. The molecule has 0 heterocycles. The highest BCUT2D eigenvalue weighted by atomic mass is 16.5. The summed E-state index contributed by atoms with van der Waals surface area (Å²) in [6.07, 6.45) is 4.04. The van der Waals surface area contributed by atoms with Crippen molar-refractivity contribution in [2.75, 3.05) is 7.11 Å². The number of ether oxygens (including phenoxy) is 1. The first-order valence-electron chi connectivity index (χ1n) is 4.65. The molecule has 0 radical (unpaired) electrons. The summed E-state index contributed by atoms with van der Waals surface area (Å²) in [4.78, 5) is 0. The van der Waals surface area contributed by atoms with E-state index in [2.05, 4.69) is 31.2 Å². The van der Waals surface area contributed by atoms with E-state index in [0.717, 1.165) is 12.8 Å². The molecule has 1 rings (SSSR count). The SMILES string of the molecule is CCCC(=COC)c1ccccc1. The van der Waals surface area contributed by atoms with Crippen molar-refractivity contribution in [2.24, 2.45) is 0 Å². The zero-order valence-electron chi connectivity index (χ0n) is 8.29. The van der Waals surface area contributed by atoms with E-state index in [-0.39, 0.29) is 0 Å². The number of hydrogen-bond donors (Lipinski definition) is 0. The van der Waals surface area contributed by atoms with Gasteiger partial charge in [-0.15, -0.1) is 0 Å². The van der Waals surface area contributed by atoms with Crippen LogP contribution in [-0.2, 0) is 4.74 Å². The fourth-order valence-electron chi connectivity index (χ4n) is 1.34. The molecule has 0 aliphatic rings. The predicted molar refractivity (Wildman–Crippen MR) is 56.3 cm³/mol. The van der Waals surface area contributed by atoms with Crippen LogP contribution in [-0.4, -0.2) is 7.11 Å². The van der Waals surface area contributed by atoms with E-state index in [0.29, 0.717) is 0 Å². The molecule has 0 N–H and O–H groups in total. The summed E-state index contributed by atoms with van der Waals surface area (Å²) in [6.45, 7) is 2.17. The molecule has 0 aliphatic carbocycles. The molecule has 1 heteroatoms. The van der Waals surface area contributed by atoms with Gasteiger partial charge in [0.1, 0.15) is 0 Å². The lowest BCUT2D eigenvalue weighted by Crippen LogP contribution is -1.84. The van der Waals surface area contributed by atoms with Gasteiger partial charge in [0, 0.05) is 0 Å². The normalized spacial score (nSPS) is 11.4. The van der Waals surface area contributed by atoms with Gasteiger partial charge < -0.3 is 4.74 Å². The summed E-state index contributed by atoms with van der Waals surface area (Å²) in [7, 11) is 1.69. The Labute approximate surface area is 80.0 Å². The molecule has 0 amide bonds. The lowest BCUT2D eigenvalue weighted by Gasteiger charge is -2.05. The molecule has 0 unspecified atom stereocenters. The monoisotopic (exact) mass is 176 g/mol. The van der Waals surface area contributed by atoms with Gasteiger partial charge in [-0.3, -0.25) is 0 Å². The Hall–Kier alpha value is -1.24. The Kier molecular flexibility index (Phi) is 4.10. The van der Waals surface area contributed by atoms with Crippen molar-refractivity contribution < 1.29 is 4.74 Å². The van der Waals surface area contributed by atoms with Crippen LogP contribution in [0.3, 0.4) is 0 Å². The van der Waals surface area contributed by atoms with Gasteiger partial charge in [-0.05, 0) is 17.6 Å². The first-order valence-corrected chi connectivity index (χ1v) is 4.65. The van der Waals surface area contributed by atoms with E-state index in [1.54, 1.807) is 7.11 Å². The maximum Gasteiger partial charge on any atom is 0.0862 e. The van der Waals surface area contributed by atoms with Crippen molar-refractivity contribution in [1.82, 2.24) is 0 Å². The van der Waals surface area contributed by atoms with Gasteiger partial charge in [0.25, 0.3) is 0 Å². The molecule has 0 spiro atoms. The molecule has 0 saturated heterocycles. The maximum atomic E-state index is 5.05. The zero-order valence-corrected chi connectivity index (χ0v) is 8.29. The van der Waals surface area contributed by atoms with Gasteiger partial charge in [0.2, 0.25) is 0 Å². The quantitative estimate of drug-likeness (QED) is 0.638. The maximum absolute atomic E-state index is 5.05. The van der Waals surface area contributed by atoms with Crippen LogP contribution in [0.15, 0.2) is 36.6 Å². The van der Waals surface area contributed by atoms with E-state index in [1.165, 1.54) is 11.1 Å². The third-order valence-corrected chi connectivity index (χ3v) is 1.92. The Morgan fingerprint density at radius 3 is 2.54 bits per heavy atom. The van der Waals surface area contributed by atoms with Crippen LogP contribution in [0.4, 0.5) is 0 Å². The number of allylic oxidation sites excluding steroid dienone is 1. The molecule has 1 nitrogen and oxygen atoms in total. The van der Waals surface area contributed by atoms with Gasteiger partial charge in [0.15, 0.2) is 0 Å². The molecule has 0 aromatic heterocycles. The highest BCUT2D eigenvalue weighted by molar-refractivity contribution is 5.64. The molecular formula is C12H16O. The molecule has 1 aromatic rings. The Morgan fingerprint density at radius 1 is 1.31 bits per heavy atom. The molecule has 0 fully saturated rings. The molecule has 1 aromatic carbocycles. The molecule has 0 bridgehead atoms. The van der Waals surface area contributed by atoms with Crippen LogP contribution in [0.1, 0.15) is 25.3 Å². The van der Waals surface area contributed by atoms with Gasteiger partial charge in [0.05, 0.1) is 13.4 Å². The second-order valence-corrected chi connectivity index (χ2v) is 2.99. The van der Waals surface area contributed by atoms with E-state index >= 15 is 0 Å². The predicted octanol–water partition coefficient (Wildman–Crippen LogP) is 3.47. The number of benzene rings is 1. The number of rotatable bonds is 4. The molecule has 0 saturated carbocycles. The van der Waals surface area contributed by atoms with Crippen molar-refractivity contribution in [3.8, 4) is 0 Å². The van der Waals surface area contributed by atoms with Crippen molar-refractivity contribution in [1.29, 1.82) is 0 Å². The lowest BCUT2D eigenvalue weighted by atomic mass is 10.0. The second kappa shape index (κ2) is 5.41. The first kappa shape index (κ1) is 9.85. The van der Waals surface area contributed by atoms with Gasteiger partial charge >= 0.3 is 0 Å². The minimum Gasteiger partial charge on any atom is -0.504 e. The summed E-state index contributed by atoms with van der Waals surface area (Å²) >= 11 is 0. The molecule has 0 atom stereocenters. The van der Waals surface area contributed by atoms with Crippen LogP contribution in [0.2, 0.25) is 0 Å². The summed E-state index contributed by atoms with van der Waals surface area (Å²) in [5.41, 5.74) is 2.52. The Balaban J connectivity index is 2.83. The van der Waals surface area contributed by atoms with Crippen LogP contribution in [0.5, 0.6) is 0 Å². The Bertz CT molecular complexity index is 262. The highest BCUT2D eigenvalue weighted by Gasteiger charge is 1.98. The highest BCUT2D eigenvalue weighted by Crippen LogP contribution is 2.18. The van der Waals surface area contributed by atoms with E-state index in [9.17, 15) is 0 Å². The average molecular weight is 176 g/mol. The number of methoxy groups -OCH3 is 1. The van der Waals surface area contributed by atoms with Crippen molar-refractivity contribution in [3.63, 3.8) is 0 Å². The third-order valence-electron chi connectivity index (χ3n) is 1.92. The Morgan fingerprint density at radius 2 is 2.00 bits per heavy atom. The molecule has 13 heavy (non-hydrogen) atoms. The van der Waals surface area contributed by atoms with Crippen LogP contribution < -0.4 is 0 Å². The van der Waals surface area contributed by atoms with Crippen LogP contribution >= 0.6 is 0 Å². The third kappa shape index (κ3) is 2.94. The van der Waals surface area contributed by atoms with Crippen LogP contribution in [0.25, 0.3) is 5.57 Å². The van der Waals surface area contributed by atoms with Crippen molar-refractivity contribution in [2.45, 2.75) is 19.8 Å². The summed E-state index contributed by atoms with van der Waals surface area (Å²) in [5.74, 6) is 0. The first-order chi connectivity index (χ1) is 6.38. The fourth-order valence-corrected chi connectivity index (χ4v) is 1.34. The fraction of sp³-hybridized carbons (Fsp3) is 0.333. The largest absolute Gasteiger partial charge is 0.504 e. The second-order valence-electron chi connectivity index (χ2n) is 2.99. The molecule has 70 valence electrons. The van der Waals surface area contributed by atoms with Crippen molar-refractivity contribution in [3.05, 3.63) is 42.2 Å². The smallest absolute Gasteiger partial charge is 0.0862 e. The topological polar surface area (TPSA) is 9.23 Å². The minimum absolute atomic E-state index is 1.07. The van der Waals surface area contributed by atoms with Crippen molar-refractivity contribution >= 4 is 5.57 Å². The minimum atomic E-state index is 1.07. The van der Waals surface area contributed by atoms with E-state index in [4.69, 9.17) is 4.74 Å². The molecular weight excluding hydrogens is 160 g/mol. The van der Waals surface area contributed by atoms with Gasteiger partial charge in [-0.2, -0.15) is 0 Å². The average Bonchev–Trinajstić information content (AvgIpc) is 2.19.